The molecule has 0 aliphatic rings. The first-order valence-electron chi connectivity index (χ1n) is 6.59. The Morgan fingerprint density at radius 2 is 1.71 bits per heavy atom. The molecule has 0 spiro atoms. The molecule has 2 N–H and O–H groups in total. The molecule has 0 saturated heterocycles. The van der Waals surface area contributed by atoms with Gasteiger partial charge < -0.3 is 10.2 Å². The summed E-state index contributed by atoms with van der Waals surface area (Å²) in [6, 6.07) is 7.11. The molecule has 6 heteroatoms. The molecule has 0 aliphatic carbocycles. The maximum absolute atomic E-state index is 9.88. The van der Waals surface area contributed by atoms with Crippen molar-refractivity contribution in [3.8, 4) is 0 Å². The van der Waals surface area contributed by atoms with Crippen LogP contribution in [0.1, 0.15) is 17.0 Å². The molecule has 1 aromatic carbocycles. The van der Waals surface area contributed by atoms with E-state index in [9.17, 15) is 10.2 Å². The fraction of sp³-hybridized carbons (Fsp3) is 0.400. The lowest BCUT2D eigenvalue weighted by Crippen LogP contribution is -2.38. The molecule has 0 radical (unpaired) electrons. The Hall–Kier alpha value is -1.07. The van der Waals surface area contributed by atoms with Crippen molar-refractivity contribution < 1.29 is 10.2 Å². The molecule has 0 atom stereocenters. The van der Waals surface area contributed by atoms with Gasteiger partial charge in [0.1, 0.15) is 0 Å². The monoisotopic (exact) mass is 328 g/mol. The molecule has 114 valence electrons. The minimum Gasteiger partial charge on any atom is -0.395 e. The van der Waals surface area contributed by atoms with Gasteiger partial charge in [-0.15, -0.1) is 0 Å². The number of rotatable bonds is 5. The maximum atomic E-state index is 9.88. The van der Waals surface area contributed by atoms with Gasteiger partial charge in [-0.05, 0) is 24.6 Å². The van der Waals surface area contributed by atoms with Crippen LogP contribution in [0.4, 0.5) is 0 Å². The van der Waals surface area contributed by atoms with E-state index in [4.69, 9.17) is 23.2 Å². The fourth-order valence-electron chi connectivity index (χ4n) is 2.44. The molecule has 0 bridgehead atoms. The lowest BCUT2D eigenvalue weighted by atomic mass is 9.78. The molecule has 1 heterocycles. The highest BCUT2D eigenvalue weighted by atomic mass is 35.5. The minimum atomic E-state index is -0.825. The predicted molar refractivity (Wildman–Crippen MR) is 84.0 cm³/mol. The summed E-state index contributed by atoms with van der Waals surface area (Å²) in [4.78, 5) is 0. The maximum Gasteiger partial charge on any atom is 0.0847 e. The lowest BCUT2D eigenvalue weighted by molar-refractivity contribution is 0.115. The van der Waals surface area contributed by atoms with Crippen LogP contribution in [0.2, 0.25) is 10.0 Å². The average Bonchev–Trinajstić information content (AvgIpc) is 2.72. The van der Waals surface area contributed by atoms with Crippen molar-refractivity contribution in [2.24, 2.45) is 7.05 Å². The zero-order valence-corrected chi connectivity index (χ0v) is 13.5. The largest absolute Gasteiger partial charge is 0.395 e. The third-order valence-electron chi connectivity index (χ3n) is 3.83. The van der Waals surface area contributed by atoms with E-state index in [-0.39, 0.29) is 13.2 Å². The van der Waals surface area contributed by atoms with E-state index in [0.717, 1.165) is 17.0 Å². The Morgan fingerprint density at radius 3 is 2.14 bits per heavy atom. The normalized spacial score (nSPS) is 11.9. The molecule has 2 rings (SSSR count). The van der Waals surface area contributed by atoms with Crippen LogP contribution >= 0.6 is 23.2 Å². The highest BCUT2D eigenvalue weighted by molar-refractivity contribution is 6.32. The molecular formula is C15H18Cl2N2O2. The Labute approximate surface area is 133 Å². The van der Waals surface area contributed by atoms with Crippen LogP contribution in [0.15, 0.2) is 24.3 Å². The SMILES string of the molecule is Cc1nn(C)c(CC(CO)(CO)c2ccc(Cl)cc2)c1Cl. The summed E-state index contributed by atoms with van der Waals surface area (Å²) in [6.45, 7) is 1.42. The summed E-state index contributed by atoms with van der Waals surface area (Å²) in [6.07, 6.45) is 0.387. The van der Waals surface area contributed by atoms with Crippen LogP contribution in [0.3, 0.4) is 0 Å². The van der Waals surface area contributed by atoms with E-state index in [0.29, 0.717) is 16.5 Å². The van der Waals surface area contributed by atoms with Crippen molar-refractivity contribution in [3.63, 3.8) is 0 Å². The third kappa shape index (κ3) is 3.09. The van der Waals surface area contributed by atoms with Crippen LogP contribution in [0.5, 0.6) is 0 Å². The molecule has 4 nitrogen and oxygen atoms in total. The molecule has 1 aromatic heterocycles. The van der Waals surface area contributed by atoms with Gasteiger partial charge in [-0.3, -0.25) is 4.68 Å². The molecule has 21 heavy (non-hydrogen) atoms. The highest BCUT2D eigenvalue weighted by Gasteiger charge is 2.33. The smallest absolute Gasteiger partial charge is 0.0847 e. The number of hydrogen-bond donors (Lipinski definition) is 2. The third-order valence-corrected chi connectivity index (χ3v) is 4.57. The van der Waals surface area contributed by atoms with Crippen molar-refractivity contribution in [1.29, 1.82) is 0 Å². The van der Waals surface area contributed by atoms with Crippen molar-refractivity contribution in [2.45, 2.75) is 18.8 Å². The predicted octanol–water partition coefficient (Wildman–Crippen LogP) is 2.50. The summed E-state index contributed by atoms with van der Waals surface area (Å²) in [7, 11) is 1.80. The Kier molecular flexibility index (Phi) is 4.94. The first kappa shape index (κ1) is 16.3. The van der Waals surface area contributed by atoms with Gasteiger partial charge in [-0.1, -0.05) is 35.3 Å². The lowest BCUT2D eigenvalue weighted by Gasteiger charge is -2.30. The van der Waals surface area contributed by atoms with Gasteiger partial charge in [-0.2, -0.15) is 5.10 Å². The number of hydrogen-bond acceptors (Lipinski definition) is 3. The number of halogens is 2. The Bertz CT molecular complexity index is 619. The molecule has 0 aliphatic heterocycles. The number of aryl methyl sites for hydroxylation is 2. The van der Waals surface area contributed by atoms with Crippen molar-refractivity contribution in [1.82, 2.24) is 9.78 Å². The van der Waals surface area contributed by atoms with Gasteiger partial charge in [0.2, 0.25) is 0 Å². The van der Waals surface area contributed by atoms with Crippen LogP contribution in [-0.2, 0) is 18.9 Å². The summed E-state index contributed by atoms with van der Waals surface area (Å²) in [5, 5.41) is 25.2. The van der Waals surface area contributed by atoms with Gasteiger partial charge in [0.15, 0.2) is 0 Å². The second-order valence-electron chi connectivity index (χ2n) is 5.25. The van der Waals surface area contributed by atoms with E-state index in [2.05, 4.69) is 5.10 Å². The molecule has 0 unspecified atom stereocenters. The Balaban J connectivity index is 2.45. The Morgan fingerprint density at radius 1 is 1.14 bits per heavy atom. The van der Waals surface area contributed by atoms with E-state index >= 15 is 0 Å². The number of aliphatic hydroxyl groups excluding tert-OH is 2. The van der Waals surface area contributed by atoms with Gasteiger partial charge in [-0.25, -0.2) is 0 Å². The second-order valence-corrected chi connectivity index (χ2v) is 6.06. The molecular weight excluding hydrogens is 311 g/mol. The summed E-state index contributed by atoms with van der Waals surface area (Å²) in [5.41, 5.74) is 1.50. The summed E-state index contributed by atoms with van der Waals surface area (Å²) >= 11 is 12.2. The molecule has 0 saturated carbocycles. The van der Waals surface area contributed by atoms with E-state index < -0.39 is 5.41 Å². The van der Waals surface area contributed by atoms with Gasteiger partial charge in [0.05, 0.1) is 29.6 Å². The van der Waals surface area contributed by atoms with Gasteiger partial charge >= 0.3 is 0 Å². The van der Waals surface area contributed by atoms with Gasteiger partial charge in [0, 0.05) is 23.9 Å². The summed E-state index contributed by atoms with van der Waals surface area (Å²) in [5.74, 6) is 0. The van der Waals surface area contributed by atoms with Crippen LogP contribution < -0.4 is 0 Å². The highest BCUT2D eigenvalue weighted by Crippen LogP contribution is 2.32. The van der Waals surface area contributed by atoms with E-state index in [1.807, 2.05) is 19.1 Å². The van der Waals surface area contributed by atoms with Crippen molar-refractivity contribution in [3.05, 3.63) is 51.3 Å². The number of aromatic nitrogens is 2. The number of aliphatic hydroxyl groups is 2. The van der Waals surface area contributed by atoms with Crippen LogP contribution in [0, 0.1) is 6.92 Å². The minimum absolute atomic E-state index is 0.203. The molecule has 2 aromatic rings. The number of nitrogens with zero attached hydrogens (tertiary/aromatic N) is 2. The van der Waals surface area contributed by atoms with Gasteiger partial charge in [0.25, 0.3) is 0 Å². The summed E-state index contributed by atoms with van der Waals surface area (Å²) < 4.78 is 1.69. The zero-order valence-electron chi connectivity index (χ0n) is 12.0. The molecule has 0 fully saturated rings. The van der Waals surface area contributed by atoms with Crippen molar-refractivity contribution >= 4 is 23.2 Å². The fourth-order valence-corrected chi connectivity index (χ4v) is 2.80. The quantitative estimate of drug-likeness (QED) is 0.886. The van der Waals surface area contributed by atoms with Crippen molar-refractivity contribution in [2.75, 3.05) is 13.2 Å². The topological polar surface area (TPSA) is 58.3 Å². The molecule has 0 amide bonds. The average molecular weight is 329 g/mol. The first-order chi connectivity index (χ1) is 9.93. The van der Waals surface area contributed by atoms with E-state index in [1.54, 1.807) is 23.9 Å². The second kappa shape index (κ2) is 6.36. The van der Waals surface area contributed by atoms with Crippen LogP contribution in [0.25, 0.3) is 0 Å². The first-order valence-corrected chi connectivity index (χ1v) is 7.35. The van der Waals surface area contributed by atoms with E-state index in [1.165, 1.54) is 0 Å². The van der Waals surface area contributed by atoms with Crippen LogP contribution in [-0.4, -0.2) is 33.2 Å². The zero-order chi connectivity index (χ0) is 15.6. The number of benzene rings is 1. The standard InChI is InChI=1S/C15H18Cl2N2O2/c1-10-14(17)13(19(2)18-10)7-15(8-20,9-21)11-3-5-12(16)6-4-11/h3-6,20-21H,7-9H2,1-2H3.